The Morgan fingerprint density at radius 2 is 1.83 bits per heavy atom. The second-order valence-electron chi connectivity index (χ2n) is 7.90. The molecule has 0 fully saturated rings. The number of amides is 2. The quantitative estimate of drug-likeness (QED) is 0.503. The van der Waals surface area contributed by atoms with Gasteiger partial charge in [0.1, 0.15) is 11.6 Å². The van der Waals surface area contributed by atoms with Gasteiger partial charge in [0.05, 0.1) is 42.5 Å². The molecule has 9 nitrogen and oxygen atoms in total. The van der Waals surface area contributed by atoms with Gasteiger partial charge in [-0.1, -0.05) is 0 Å². The average molecular weight is 510 g/mol. The van der Waals surface area contributed by atoms with E-state index in [1.165, 1.54) is 30.3 Å². The maximum absolute atomic E-state index is 14.7. The molecule has 35 heavy (non-hydrogen) atoms. The average Bonchev–Trinajstić information content (AvgIpc) is 2.80. The van der Waals surface area contributed by atoms with Crippen LogP contribution >= 0.6 is 0 Å². The number of hydrogen-bond donors (Lipinski definition) is 2. The number of methoxy groups -OCH3 is 1. The van der Waals surface area contributed by atoms with Gasteiger partial charge < -0.3 is 14.7 Å². The maximum Gasteiger partial charge on any atom is 0.325 e. The fraction of sp³-hybridized carbons (Fsp3) is 0.273. The molecule has 0 radical (unpaired) electrons. The molecule has 1 aliphatic heterocycles. The van der Waals surface area contributed by atoms with Crippen LogP contribution in [-0.4, -0.2) is 49.7 Å². The van der Waals surface area contributed by atoms with E-state index in [-0.39, 0.29) is 31.9 Å². The Hall–Kier alpha value is -3.42. The van der Waals surface area contributed by atoms with Gasteiger partial charge in [0.15, 0.2) is 11.6 Å². The molecule has 3 N–H and O–H groups in total. The zero-order valence-corrected chi connectivity index (χ0v) is 19.3. The molecule has 1 aromatic heterocycles. The Bertz CT molecular complexity index is 1410. The summed E-state index contributed by atoms with van der Waals surface area (Å²) >= 11 is 0. The summed E-state index contributed by atoms with van der Waals surface area (Å²) in [5.41, 5.74) is 0.703. The number of fused-ring (bicyclic) bond motifs is 3. The third-order valence-corrected chi connectivity index (χ3v) is 6.60. The van der Waals surface area contributed by atoms with Gasteiger partial charge in [0.25, 0.3) is 0 Å². The number of urea groups is 1. The first kappa shape index (κ1) is 24.7. The number of rotatable bonds is 7. The molecule has 0 unspecified atom stereocenters. The van der Waals surface area contributed by atoms with Crippen LogP contribution in [0.25, 0.3) is 10.9 Å². The lowest BCUT2D eigenvalue weighted by atomic mass is 10.0. The van der Waals surface area contributed by atoms with E-state index in [1.54, 1.807) is 0 Å². The van der Waals surface area contributed by atoms with E-state index in [4.69, 9.17) is 9.88 Å². The molecular weight excluding hydrogens is 489 g/mol. The summed E-state index contributed by atoms with van der Waals surface area (Å²) in [6.07, 6.45) is 1.64. The maximum atomic E-state index is 14.7. The first-order chi connectivity index (χ1) is 16.5. The van der Waals surface area contributed by atoms with Gasteiger partial charge in [-0.3, -0.25) is 9.88 Å². The van der Waals surface area contributed by atoms with E-state index in [1.807, 2.05) is 0 Å². The number of aliphatic hydroxyl groups is 1. The van der Waals surface area contributed by atoms with Crippen molar-refractivity contribution in [1.82, 2.24) is 9.88 Å². The SMILES string of the molecule is COc1cc2ncc3c(c2cc1F)CN(Cc1c(F)cc(S(N)(=O)=O)cc1F)C(=O)N3CCCO. The molecule has 4 rings (SSSR count). The number of halogens is 3. The van der Waals surface area contributed by atoms with Crippen molar-refractivity contribution in [1.29, 1.82) is 0 Å². The Balaban J connectivity index is 1.80. The highest BCUT2D eigenvalue weighted by atomic mass is 32.2. The second-order valence-corrected chi connectivity index (χ2v) is 9.47. The zero-order valence-electron chi connectivity index (χ0n) is 18.5. The molecular formula is C22H21F3N4O5S. The predicted octanol–water partition coefficient (Wildman–Crippen LogP) is 2.63. The smallest absolute Gasteiger partial charge is 0.325 e. The number of sulfonamides is 1. The molecule has 0 bridgehead atoms. The third kappa shape index (κ3) is 4.61. The Labute approximate surface area is 198 Å². The van der Waals surface area contributed by atoms with Gasteiger partial charge in [0.2, 0.25) is 10.0 Å². The van der Waals surface area contributed by atoms with Crippen molar-refractivity contribution in [3.05, 3.63) is 59.0 Å². The van der Waals surface area contributed by atoms with Crippen LogP contribution in [0, 0.1) is 17.5 Å². The molecule has 0 spiro atoms. The lowest BCUT2D eigenvalue weighted by Crippen LogP contribution is -2.47. The van der Waals surface area contributed by atoms with E-state index in [9.17, 15) is 31.5 Å². The number of aliphatic hydroxyl groups excluding tert-OH is 1. The topological polar surface area (TPSA) is 126 Å². The number of nitrogens with zero attached hydrogens (tertiary/aromatic N) is 3. The summed E-state index contributed by atoms with van der Waals surface area (Å²) in [6, 6.07) is 3.16. The van der Waals surface area contributed by atoms with Gasteiger partial charge in [-0.05, 0) is 24.6 Å². The Kier molecular flexibility index (Phi) is 6.58. The number of nitrogens with two attached hydrogens (primary N) is 1. The van der Waals surface area contributed by atoms with Crippen molar-refractivity contribution >= 4 is 32.6 Å². The Morgan fingerprint density at radius 1 is 1.14 bits per heavy atom. The number of anilines is 1. The van der Waals surface area contributed by atoms with Crippen molar-refractivity contribution in [2.75, 3.05) is 25.2 Å². The lowest BCUT2D eigenvalue weighted by Gasteiger charge is -2.37. The van der Waals surface area contributed by atoms with Crippen LogP contribution in [0.3, 0.4) is 0 Å². The van der Waals surface area contributed by atoms with Crippen LogP contribution in [0.5, 0.6) is 5.75 Å². The van der Waals surface area contributed by atoms with E-state index in [0.717, 1.165) is 4.90 Å². The molecule has 186 valence electrons. The highest BCUT2D eigenvalue weighted by Gasteiger charge is 2.33. The van der Waals surface area contributed by atoms with E-state index in [0.29, 0.717) is 34.3 Å². The monoisotopic (exact) mass is 510 g/mol. The molecule has 3 aromatic rings. The van der Waals surface area contributed by atoms with Crippen LogP contribution in [0.1, 0.15) is 17.5 Å². The lowest BCUT2D eigenvalue weighted by molar-refractivity contribution is 0.193. The van der Waals surface area contributed by atoms with E-state index in [2.05, 4.69) is 4.98 Å². The molecule has 13 heteroatoms. The van der Waals surface area contributed by atoms with Crippen LogP contribution in [0.15, 0.2) is 35.4 Å². The van der Waals surface area contributed by atoms with Gasteiger partial charge >= 0.3 is 6.03 Å². The van der Waals surface area contributed by atoms with Crippen LogP contribution in [0.2, 0.25) is 0 Å². The number of aromatic nitrogens is 1. The second kappa shape index (κ2) is 9.32. The van der Waals surface area contributed by atoms with Crippen molar-refractivity contribution in [2.24, 2.45) is 5.14 Å². The first-order valence-corrected chi connectivity index (χ1v) is 11.9. The summed E-state index contributed by atoms with van der Waals surface area (Å²) in [6.45, 7) is -0.826. The normalized spacial score (nSPS) is 13.9. The summed E-state index contributed by atoms with van der Waals surface area (Å²) < 4.78 is 71.8. The highest BCUT2D eigenvalue weighted by molar-refractivity contribution is 7.89. The molecule has 0 aliphatic carbocycles. The van der Waals surface area contributed by atoms with Gasteiger partial charge in [-0.15, -0.1) is 0 Å². The van der Waals surface area contributed by atoms with Crippen molar-refractivity contribution < 1.29 is 36.2 Å². The van der Waals surface area contributed by atoms with Crippen LogP contribution < -0.4 is 14.8 Å². The largest absolute Gasteiger partial charge is 0.494 e. The zero-order chi connectivity index (χ0) is 25.5. The first-order valence-electron chi connectivity index (χ1n) is 10.4. The number of ether oxygens (including phenoxy) is 1. The molecule has 0 saturated carbocycles. The van der Waals surface area contributed by atoms with E-state index < -0.39 is 50.5 Å². The van der Waals surface area contributed by atoms with Crippen LogP contribution in [0.4, 0.5) is 23.7 Å². The molecule has 0 atom stereocenters. The minimum absolute atomic E-state index is 0.0232. The molecule has 2 aromatic carbocycles. The fourth-order valence-electron chi connectivity index (χ4n) is 3.98. The molecule has 1 aliphatic rings. The fourth-order valence-corrected chi connectivity index (χ4v) is 4.52. The number of benzene rings is 2. The summed E-state index contributed by atoms with van der Waals surface area (Å²) in [5, 5.41) is 14.6. The van der Waals surface area contributed by atoms with Crippen molar-refractivity contribution in [3.8, 4) is 5.75 Å². The number of hydrogen-bond acceptors (Lipinski definition) is 6. The van der Waals surface area contributed by atoms with Gasteiger partial charge in [0, 0.05) is 35.7 Å². The third-order valence-electron chi connectivity index (χ3n) is 5.70. The minimum Gasteiger partial charge on any atom is -0.494 e. The van der Waals surface area contributed by atoms with Gasteiger partial charge in [-0.25, -0.2) is 31.5 Å². The van der Waals surface area contributed by atoms with Crippen molar-refractivity contribution in [2.45, 2.75) is 24.4 Å². The van der Waals surface area contributed by atoms with Gasteiger partial charge in [-0.2, -0.15) is 0 Å². The summed E-state index contributed by atoms with van der Waals surface area (Å²) in [4.78, 5) is 19.2. The standard InChI is InChI=1S/C22H21F3N4O5S/c1-34-21-8-19-13(7-18(21)25)14-10-28(22(31)29(3-2-4-30)20(14)9-27-19)11-15-16(23)5-12(6-17(15)24)35(26,32)33/h5-9,30H,2-4,10-11H2,1H3,(H2,26,32,33). The number of primary sulfonamides is 1. The van der Waals surface area contributed by atoms with E-state index >= 15 is 0 Å². The predicted molar refractivity (Wildman–Crippen MR) is 120 cm³/mol. The highest BCUT2D eigenvalue weighted by Crippen LogP contribution is 2.36. The molecule has 0 saturated heterocycles. The number of carbonyl (C=O) groups excluding carboxylic acids is 1. The minimum atomic E-state index is -4.35. The van der Waals surface area contributed by atoms with Crippen LogP contribution in [-0.2, 0) is 23.1 Å². The Morgan fingerprint density at radius 3 is 2.43 bits per heavy atom. The molecule has 2 amide bonds. The summed E-state index contributed by atoms with van der Waals surface area (Å²) in [7, 11) is -3.04. The summed E-state index contributed by atoms with van der Waals surface area (Å²) in [5.74, 6) is -3.06. The van der Waals surface area contributed by atoms with Crippen molar-refractivity contribution in [3.63, 3.8) is 0 Å². The molecule has 2 heterocycles. The number of pyridine rings is 1. The number of carbonyl (C=O) groups is 1.